The SMILES string of the molecule is Clc1cc2c(ccn2-c2ccccc2)c2[nH]c3ccccc3c12. The van der Waals surface area contributed by atoms with E-state index in [1.54, 1.807) is 0 Å². The van der Waals surface area contributed by atoms with Gasteiger partial charge in [0, 0.05) is 33.6 Å². The van der Waals surface area contributed by atoms with Crippen LogP contribution in [0.2, 0.25) is 5.02 Å². The fraction of sp³-hybridized carbons (Fsp3) is 0. The Morgan fingerprint density at radius 3 is 2.48 bits per heavy atom. The van der Waals surface area contributed by atoms with Gasteiger partial charge in [-0.1, -0.05) is 48.0 Å². The fourth-order valence-electron chi connectivity index (χ4n) is 3.40. The second-order valence-corrected chi connectivity index (χ2v) is 6.14. The normalized spacial score (nSPS) is 11.7. The lowest BCUT2D eigenvalue weighted by Crippen LogP contribution is -1.90. The monoisotopic (exact) mass is 316 g/mol. The van der Waals surface area contributed by atoms with E-state index in [1.165, 1.54) is 10.8 Å². The van der Waals surface area contributed by atoms with Crippen molar-refractivity contribution in [3.8, 4) is 5.69 Å². The third kappa shape index (κ3) is 1.76. The molecule has 0 atom stereocenters. The molecule has 0 amide bonds. The lowest BCUT2D eigenvalue weighted by atomic mass is 10.1. The van der Waals surface area contributed by atoms with Crippen LogP contribution in [0.4, 0.5) is 0 Å². The third-order valence-corrected chi connectivity index (χ3v) is 4.74. The van der Waals surface area contributed by atoms with Gasteiger partial charge in [-0.05, 0) is 30.3 Å². The number of nitrogens with zero attached hydrogens (tertiary/aromatic N) is 1. The summed E-state index contributed by atoms with van der Waals surface area (Å²) >= 11 is 6.64. The smallest absolute Gasteiger partial charge is 0.0575 e. The molecule has 3 aromatic carbocycles. The van der Waals surface area contributed by atoms with Gasteiger partial charge >= 0.3 is 0 Å². The molecule has 0 radical (unpaired) electrons. The summed E-state index contributed by atoms with van der Waals surface area (Å²) in [6.45, 7) is 0. The second kappa shape index (κ2) is 4.64. The van der Waals surface area contributed by atoms with Gasteiger partial charge in [-0.3, -0.25) is 0 Å². The van der Waals surface area contributed by atoms with E-state index < -0.39 is 0 Å². The highest BCUT2D eigenvalue weighted by Gasteiger charge is 2.14. The number of hydrogen-bond acceptors (Lipinski definition) is 0. The van der Waals surface area contributed by atoms with E-state index in [4.69, 9.17) is 11.6 Å². The van der Waals surface area contributed by atoms with Gasteiger partial charge in [0.2, 0.25) is 0 Å². The molecule has 1 N–H and O–H groups in total. The number of hydrogen-bond donors (Lipinski definition) is 1. The van der Waals surface area contributed by atoms with Crippen molar-refractivity contribution in [2.24, 2.45) is 0 Å². The molecular weight excluding hydrogens is 304 g/mol. The van der Waals surface area contributed by atoms with Crippen molar-refractivity contribution in [3.63, 3.8) is 0 Å². The maximum Gasteiger partial charge on any atom is 0.0575 e. The van der Waals surface area contributed by atoms with Crippen LogP contribution in [0.1, 0.15) is 0 Å². The van der Waals surface area contributed by atoms with Crippen molar-refractivity contribution in [1.82, 2.24) is 9.55 Å². The van der Waals surface area contributed by atoms with E-state index in [-0.39, 0.29) is 0 Å². The van der Waals surface area contributed by atoms with Crippen molar-refractivity contribution >= 4 is 44.3 Å². The van der Waals surface area contributed by atoms with Crippen LogP contribution in [0.25, 0.3) is 38.4 Å². The molecule has 2 heterocycles. The molecule has 0 aliphatic rings. The standard InChI is InChI=1S/C20H13ClN2/c21-16-12-18-15(10-11-23(18)13-6-2-1-3-7-13)20-19(16)14-8-4-5-9-17(14)22-20/h1-12,22H. The average Bonchev–Trinajstić information content (AvgIpc) is 3.17. The molecule has 23 heavy (non-hydrogen) atoms. The van der Waals surface area contributed by atoms with Crippen LogP contribution in [0, 0.1) is 0 Å². The van der Waals surface area contributed by atoms with Crippen molar-refractivity contribution in [3.05, 3.63) is 77.9 Å². The van der Waals surface area contributed by atoms with E-state index in [0.29, 0.717) is 0 Å². The number of fused-ring (bicyclic) bond motifs is 5. The van der Waals surface area contributed by atoms with Gasteiger partial charge in [0.05, 0.1) is 16.1 Å². The minimum atomic E-state index is 0.779. The largest absolute Gasteiger partial charge is 0.354 e. The molecule has 0 bridgehead atoms. The van der Waals surface area contributed by atoms with Crippen molar-refractivity contribution < 1.29 is 0 Å². The van der Waals surface area contributed by atoms with Gasteiger partial charge in [0.15, 0.2) is 0 Å². The highest BCUT2D eigenvalue weighted by molar-refractivity contribution is 6.40. The molecule has 0 unspecified atom stereocenters. The van der Waals surface area contributed by atoms with E-state index in [9.17, 15) is 0 Å². The van der Waals surface area contributed by atoms with Crippen LogP contribution in [0.3, 0.4) is 0 Å². The van der Waals surface area contributed by atoms with E-state index in [0.717, 1.165) is 32.6 Å². The van der Waals surface area contributed by atoms with Gasteiger partial charge in [0.1, 0.15) is 0 Å². The molecule has 0 aliphatic heterocycles. The lowest BCUT2D eigenvalue weighted by Gasteiger charge is -2.06. The first kappa shape index (κ1) is 12.8. The highest BCUT2D eigenvalue weighted by Crippen LogP contribution is 2.37. The molecule has 0 fully saturated rings. The summed E-state index contributed by atoms with van der Waals surface area (Å²) in [6.07, 6.45) is 2.10. The van der Waals surface area contributed by atoms with E-state index in [1.807, 2.05) is 30.3 Å². The van der Waals surface area contributed by atoms with E-state index in [2.05, 4.69) is 52.1 Å². The summed E-state index contributed by atoms with van der Waals surface area (Å²) < 4.78 is 2.17. The first-order chi connectivity index (χ1) is 11.3. The Hall–Kier alpha value is -2.71. The number of nitrogens with one attached hydrogen (secondary N) is 1. The van der Waals surface area contributed by atoms with Crippen LogP contribution in [0.5, 0.6) is 0 Å². The van der Waals surface area contributed by atoms with Crippen molar-refractivity contribution in [1.29, 1.82) is 0 Å². The molecule has 5 aromatic rings. The van der Waals surface area contributed by atoms with Gasteiger partial charge in [-0.15, -0.1) is 0 Å². The molecule has 5 rings (SSSR count). The predicted molar refractivity (Wildman–Crippen MR) is 97.6 cm³/mol. The maximum absolute atomic E-state index is 6.64. The summed E-state index contributed by atoms with van der Waals surface area (Å²) in [7, 11) is 0. The number of para-hydroxylation sites is 2. The third-order valence-electron chi connectivity index (χ3n) is 4.44. The zero-order valence-corrected chi connectivity index (χ0v) is 13.0. The summed E-state index contributed by atoms with van der Waals surface area (Å²) in [6, 6.07) is 22.8. The molecule has 0 saturated carbocycles. The summed E-state index contributed by atoms with van der Waals surface area (Å²) in [5.41, 5.74) is 4.46. The Bertz CT molecular complexity index is 1170. The van der Waals surface area contributed by atoms with Gasteiger partial charge in [0.25, 0.3) is 0 Å². The Kier molecular flexibility index (Phi) is 2.58. The average molecular weight is 317 g/mol. The van der Waals surface area contributed by atoms with Gasteiger partial charge < -0.3 is 9.55 Å². The number of benzene rings is 3. The Morgan fingerprint density at radius 2 is 1.61 bits per heavy atom. The number of rotatable bonds is 1. The first-order valence-electron chi connectivity index (χ1n) is 7.58. The first-order valence-corrected chi connectivity index (χ1v) is 7.96. The molecule has 0 spiro atoms. The van der Waals surface area contributed by atoms with Crippen molar-refractivity contribution in [2.45, 2.75) is 0 Å². The topological polar surface area (TPSA) is 20.7 Å². The van der Waals surface area contributed by atoms with Gasteiger partial charge in [-0.25, -0.2) is 0 Å². The molecule has 2 aromatic heterocycles. The minimum Gasteiger partial charge on any atom is -0.354 e. The van der Waals surface area contributed by atoms with Crippen LogP contribution in [0.15, 0.2) is 72.9 Å². The quantitative estimate of drug-likeness (QED) is 0.396. The van der Waals surface area contributed by atoms with Gasteiger partial charge in [-0.2, -0.15) is 0 Å². The Labute approximate surface area is 137 Å². The Morgan fingerprint density at radius 1 is 0.826 bits per heavy atom. The van der Waals surface area contributed by atoms with Crippen LogP contribution >= 0.6 is 11.6 Å². The molecule has 110 valence electrons. The summed E-state index contributed by atoms with van der Waals surface area (Å²) in [4.78, 5) is 3.53. The molecule has 3 heteroatoms. The maximum atomic E-state index is 6.64. The Balaban J connectivity index is 1.94. The fourth-order valence-corrected chi connectivity index (χ4v) is 3.70. The second-order valence-electron chi connectivity index (χ2n) is 5.73. The van der Waals surface area contributed by atoms with Crippen LogP contribution < -0.4 is 0 Å². The molecule has 0 aliphatic carbocycles. The summed E-state index contributed by atoms with van der Waals surface area (Å²) in [5.74, 6) is 0. The van der Waals surface area contributed by atoms with Crippen molar-refractivity contribution in [2.75, 3.05) is 0 Å². The zero-order chi connectivity index (χ0) is 15.4. The molecule has 0 saturated heterocycles. The number of halogens is 1. The minimum absolute atomic E-state index is 0.779. The number of aromatic nitrogens is 2. The molecular formula is C20H13ClN2. The zero-order valence-electron chi connectivity index (χ0n) is 12.3. The molecule has 2 nitrogen and oxygen atoms in total. The van der Waals surface area contributed by atoms with E-state index >= 15 is 0 Å². The number of aromatic amines is 1. The van der Waals surface area contributed by atoms with Crippen LogP contribution in [-0.2, 0) is 0 Å². The van der Waals surface area contributed by atoms with Crippen LogP contribution in [-0.4, -0.2) is 9.55 Å². The predicted octanol–water partition coefficient (Wildman–Crippen LogP) is 5.92. The highest BCUT2D eigenvalue weighted by atomic mass is 35.5. The number of H-pyrrole nitrogens is 1. The summed E-state index contributed by atoms with van der Waals surface area (Å²) in [5, 5.41) is 4.23. The lowest BCUT2D eigenvalue weighted by molar-refractivity contribution is 1.13.